The third kappa shape index (κ3) is 1.38. The molecule has 3 aliphatic rings. The number of rotatable bonds is 3. The molecule has 2 heteroatoms. The smallest absolute Gasteiger partial charge is 0.0120 e. The van der Waals surface area contributed by atoms with Crippen molar-refractivity contribution in [3.8, 4) is 0 Å². The van der Waals surface area contributed by atoms with Gasteiger partial charge < -0.3 is 10.6 Å². The van der Waals surface area contributed by atoms with E-state index in [1.54, 1.807) is 0 Å². The van der Waals surface area contributed by atoms with Crippen molar-refractivity contribution in [2.24, 2.45) is 17.6 Å². The summed E-state index contributed by atoms with van der Waals surface area (Å²) < 4.78 is 0. The Labute approximate surface area is 75.1 Å². The summed E-state index contributed by atoms with van der Waals surface area (Å²) in [5.41, 5.74) is 5.99. The molecule has 2 unspecified atom stereocenters. The van der Waals surface area contributed by atoms with Crippen LogP contribution in [-0.4, -0.2) is 30.6 Å². The van der Waals surface area contributed by atoms with Gasteiger partial charge in [0.05, 0.1) is 0 Å². The van der Waals surface area contributed by atoms with Gasteiger partial charge in [-0.1, -0.05) is 13.3 Å². The first-order valence-corrected chi connectivity index (χ1v) is 5.29. The van der Waals surface area contributed by atoms with Crippen LogP contribution in [0.2, 0.25) is 0 Å². The molecule has 2 heterocycles. The van der Waals surface area contributed by atoms with E-state index in [0.717, 1.165) is 11.8 Å². The molecule has 0 aromatic carbocycles. The monoisotopic (exact) mass is 168 g/mol. The van der Waals surface area contributed by atoms with Crippen molar-refractivity contribution in [1.29, 1.82) is 0 Å². The highest BCUT2D eigenvalue weighted by Gasteiger charge is 2.43. The minimum absolute atomic E-state index is 0.544. The summed E-state index contributed by atoms with van der Waals surface area (Å²) in [4.78, 5) is 2.60. The van der Waals surface area contributed by atoms with E-state index in [1.807, 2.05) is 0 Å². The van der Waals surface area contributed by atoms with Crippen LogP contribution in [0.4, 0.5) is 0 Å². The van der Waals surface area contributed by atoms with Gasteiger partial charge in [0.25, 0.3) is 0 Å². The molecule has 0 aromatic rings. The Morgan fingerprint density at radius 3 is 2.50 bits per heavy atom. The summed E-state index contributed by atoms with van der Waals surface area (Å²) in [5.74, 6) is 1.67. The van der Waals surface area contributed by atoms with Crippen molar-refractivity contribution in [2.45, 2.75) is 32.2 Å². The first-order chi connectivity index (χ1) is 5.81. The maximum absolute atomic E-state index is 5.99. The molecule has 2 saturated heterocycles. The maximum Gasteiger partial charge on any atom is 0.0120 e. The molecular formula is C10H20N2. The summed E-state index contributed by atoms with van der Waals surface area (Å²) in [6, 6.07) is 0.544. The molecule has 0 radical (unpaired) electrons. The zero-order valence-electron chi connectivity index (χ0n) is 8.00. The van der Waals surface area contributed by atoms with Crippen LogP contribution in [0.15, 0.2) is 0 Å². The normalized spacial score (nSPS) is 41.0. The number of nitrogens with two attached hydrogens (primary N) is 1. The number of unbranched alkanes of at least 4 members (excludes halogenated alkanes) is 1. The molecule has 2 N–H and O–H groups in total. The molecule has 0 aromatic heterocycles. The predicted molar refractivity (Wildman–Crippen MR) is 50.9 cm³/mol. The molecule has 2 nitrogen and oxygen atoms in total. The molecule has 2 aliphatic heterocycles. The fraction of sp³-hybridized carbons (Fsp3) is 1.00. The van der Waals surface area contributed by atoms with Crippen LogP contribution >= 0.6 is 0 Å². The molecule has 3 fully saturated rings. The number of piperidine rings is 2. The highest BCUT2D eigenvalue weighted by atomic mass is 15.2. The van der Waals surface area contributed by atoms with E-state index < -0.39 is 0 Å². The Bertz CT molecular complexity index is 146. The standard InChI is InChI=1S/C10H20N2/c1-2-3-4-12-6-8-5-9(7-12)10(8)11/h8-10H,2-7,11H2,1H3. The summed E-state index contributed by atoms with van der Waals surface area (Å²) in [5, 5.41) is 0. The topological polar surface area (TPSA) is 29.3 Å². The average Bonchev–Trinajstić information content (AvgIpc) is 2.14. The number of nitrogens with zero attached hydrogens (tertiary/aromatic N) is 1. The molecule has 1 aliphatic carbocycles. The highest BCUT2D eigenvalue weighted by Crippen LogP contribution is 2.38. The van der Waals surface area contributed by atoms with Crippen LogP contribution in [-0.2, 0) is 0 Å². The van der Waals surface area contributed by atoms with E-state index in [2.05, 4.69) is 11.8 Å². The van der Waals surface area contributed by atoms with Crippen LogP contribution in [0.25, 0.3) is 0 Å². The molecular weight excluding hydrogens is 148 g/mol. The molecule has 0 spiro atoms. The molecule has 2 bridgehead atoms. The number of hydrogen-bond acceptors (Lipinski definition) is 2. The Morgan fingerprint density at radius 2 is 2.00 bits per heavy atom. The van der Waals surface area contributed by atoms with Gasteiger partial charge in [0, 0.05) is 19.1 Å². The van der Waals surface area contributed by atoms with Crippen molar-refractivity contribution < 1.29 is 0 Å². The molecule has 2 atom stereocenters. The SMILES string of the molecule is CCCCN1CC2CC(C1)C2N. The van der Waals surface area contributed by atoms with Gasteiger partial charge in [-0.05, 0) is 31.2 Å². The van der Waals surface area contributed by atoms with Crippen molar-refractivity contribution in [3.05, 3.63) is 0 Å². The number of hydrogen-bond donors (Lipinski definition) is 1. The minimum atomic E-state index is 0.544. The minimum Gasteiger partial charge on any atom is -0.327 e. The quantitative estimate of drug-likeness (QED) is 0.683. The van der Waals surface area contributed by atoms with E-state index in [9.17, 15) is 0 Å². The second kappa shape index (κ2) is 3.35. The lowest BCUT2D eigenvalue weighted by Gasteiger charge is -2.52. The van der Waals surface area contributed by atoms with Crippen LogP contribution in [0.5, 0.6) is 0 Å². The van der Waals surface area contributed by atoms with E-state index in [-0.39, 0.29) is 0 Å². The maximum atomic E-state index is 5.99. The van der Waals surface area contributed by atoms with E-state index in [4.69, 9.17) is 5.73 Å². The van der Waals surface area contributed by atoms with Gasteiger partial charge >= 0.3 is 0 Å². The van der Waals surface area contributed by atoms with Gasteiger partial charge in [0.1, 0.15) is 0 Å². The average molecular weight is 168 g/mol. The van der Waals surface area contributed by atoms with Crippen LogP contribution in [0, 0.1) is 11.8 Å². The van der Waals surface area contributed by atoms with E-state index in [0.29, 0.717) is 6.04 Å². The highest BCUT2D eigenvalue weighted by molar-refractivity contribution is 4.99. The van der Waals surface area contributed by atoms with Crippen molar-refractivity contribution in [2.75, 3.05) is 19.6 Å². The lowest BCUT2D eigenvalue weighted by atomic mass is 9.67. The van der Waals surface area contributed by atoms with Gasteiger partial charge in [-0.15, -0.1) is 0 Å². The fourth-order valence-corrected chi connectivity index (χ4v) is 2.59. The predicted octanol–water partition coefficient (Wildman–Crippen LogP) is 1.07. The third-order valence-corrected chi connectivity index (χ3v) is 3.51. The fourth-order valence-electron chi connectivity index (χ4n) is 2.59. The first kappa shape index (κ1) is 8.52. The zero-order chi connectivity index (χ0) is 8.55. The summed E-state index contributed by atoms with van der Waals surface area (Å²) in [6.07, 6.45) is 4.08. The Balaban J connectivity index is 1.75. The Kier molecular flexibility index (Phi) is 2.37. The second-order valence-electron chi connectivity index (χ2n) is 4.45. The van der Waals surface area contributed by atoms with Crippen LogP contribution in [0.1, 0.15) is 26.2 Å². The van der Waals surface area contributed by atoms with Gasteiger partial charge in [-0.25, -0.2) is 0 Å². The molecule has 3 rings (SSSR count). The number of fused-ring (bicyclic) bond motifs is 2. The van der Waals surface area contributed by atoms with Gasteiger partial charge in [0.15, 0.2) is 0 Å². The largest absolute Gasteiger partial charge is 0.327 e. The first-order valence-electron chi connectivity index (χ1n) is 5.29. The van der Waals surface area contributed by atoms with Gasteiger partial charge in [-0.3, -0.25) is 0 Å². The van der Waals surface area contributed by atoms with Crippen LogP contribution in [0.3, 0.4) is 0 Å². The Hall–Kier alpha value is -0.0800. The zero-order valence-corrected chi connectivity index (χ0v) is 8.00. The van der Waals surface area contributed by atoms with Gasteiger partial charge in [0.2, 0.25) is 0 Å². The van der Waals surface area contributed by atoms with Crippen molar-refractivity contribution in [1.82, 2.24) is 4.90 Å². The van der Waals surface area contributed by atoms with E-state index in [1.165, 1.54) is 38.9 Å². The van der Waals surface area contributed by atoms with Crippen molar-refractivity contribution in [3.63, 3.8) is 0 Å². The molecule has 1 saturated carbocycles. The van der Waals surface area contributed by atoms with Crippen molar-refractivity contribution >= 4 is 0 Å². The molecule has 70 valence electrons. The molecule has 12 heavy (non-hydrogen) atoms. The summed E-state index contributed by atoms with van der Waals surface area (Å²) in [7, 11) is 0. The van der Waals surface area contributed by atoms with E-state index >= 15 is 0 Å². The second-order valence-corrected chi connectivity index (χ2v) is 4.45. The summed E-state index contributed by atoms with van der Waals surface area (Å²) in [6.45, 7) is 6.11. The lowest BCUT2D eigenvalue weighted by molar-refractivity contribution is 0.00243. The lowest BCUT2D eigenvalue weighted by Crippen LogP contribution is -2.61. The van der Waals surface area contributed by atoms with Crippen LogP contribution < -0.4 is 5.73 Å². The van der Waals surface area contributed by atoms with Gasteiger partial charge in [-0.2, -0.15) is 0 Å². The Morgan fingerprint density at radius 1 is 1.33 bits per heavy atom. The summed E-state index contributed by atoms with van der Waals surface area (Å²) >= 11 is 0. The molecule has 0 amide bonds. The third-order valence-electron chi connectivity index (χ3n) is 3.51.